The van der Waals surface area contributed by atoms with Gasteiger partial charge in [-0.1, -0.05) is 0 Å². The Morgan fingerprint density at radius 2 is 2.09 bits per heavy atom. The van der Waals surface area contributed by atoms with Crippen LogP contribution in [0.1, 0.15) is 23.2 Å². The van der Waals surface area contributed by atoms with Gasteiger partial charge >= 0.3 is 0 Å². The first-order valence-electron chi connectivity index (χ1n) is 7.00. The summed E-state index contributed by atoms with van der Waals surface area (Å²) in [5, 5.41) is 2.91. The van der Waals surface area contributed by atoms with Crippen LogP contribution in [0.25, 0.3) is 0 Å². The van der Waals surface area contributed by atoms with Gasteiger partial charge in [0.25, 0.3) is 5.91 Å². The quantitative estimate of drug-likeness (QED) is 0.763. The van der Waals surface area contributed by atoms with Crippen molar-refractivity contribution >= 4 is 31.9 Å². The van der Waals surface area contributed by atoms with Crippen LogP contribution in [0.15, 0.2) is 27.6 Å². The van der Waals surface area contributed by atoms with Crippen molar-refractivity contribution in [2.45, 2.75) is 23.8 Å². The van der Waals surface area contributed by atoms with E-state index in [1.807, 2.05) is 0 Å². The Labute approximate surface area is 139 Å². The number of halogens is 1. The molecule has 1 fully saturated rings. The fourth-order valence-corrected chi connectivity index (χ4v) is 4.10. The van der Waals surface area contributed by atoms with Crippen LogP contribution in [0.4, 0.5) is 0 Å². The van der Waals surface area contributed by atoms with Crippen LogP contribution >= 0.6 is 15.9 Å². The van der Waals surface area contributed by atoms with Crippen molar-refractivity contribution in [3.8, 4) is 0 Å². The maximum Gasteiger partial charge on any atom is 0.251 e. The number of amides is 1. The van der Waals surface area contributed by atoms with Crippen molar-refractivity contribution in [2.24, 2.45) is 11.7 Å². The molecule has 122 valence electrons. The zero-order chi connectivity index (χ0) is 16.5. The monoisotopic (exact) mass is 389 g/mol. The average Bonchev–Trinajstić information content (AvgIpc) is 3.28. The van der Waals surface area contributed by atoms with Gasteiger partial charge in [-0.05, 0) is 52.9 Å². The lowest BCUT2D eigenvalue weighted by Gasteiger charge is -2.17. The van der Waals surface area contributed by atoms with E-state index in [0.717, 1.165) is 17.1 Å². The molecular weight excluding hydrogens is 370 g/mol. The number of benzene rings is 1. The molecule has 0 heterocycles. The van der Waals surface area contributed by atoms with E-state index < -0.39 is 10.0 Å². The van der Waals surface area contributed by atoms with E-state index in [9.17, 15) is 13.2 Å². The summed E-state index contributed by atoms with van der Waals surface area (Å²) < 4.78 is 25.8. The van der Waals surface area contributed by atoms with E-state index >= 15 is 0 Å². The van der Waals surface area contributed by atoms with Gasteiger partial charge < -0.3 is 11.1 Å². The number of carbonyl (C=O) groups is 1. The van der Waals surface area contributed by atoms with Crippen molar-refractivity contribution in [3.63, 3.8) is 0 Å². The SMILES string of the molecule is CN(C)S(=O)(=O)c1ccc(C(=O)NC(CN)C2CC2)cc1Br. The normalized spacial score (nSPS) is 16.6. The highest BCUT2D eigenvalue weighted by Gasteiger charge is 2.31. The maximum absolute atomic E-state index is 12.2. The highest BCUT2D eigenvalue weighted by molar-refractivity contribution is 9.10. The van der Waals surface area contributed by atoms with E-state index in [0.29, 0.717) is 22.5 Å². The Morgan fingerprint density at radius 3 is 2.55 bits per heavy atom. The lowest BCUT2D eigenvalue weighted by atomic mass is 10.1. The molecule has 1 aliphatic carbocycles. The molecule has 1 aromatic rings. The van der Waals surface area contributed by atoms with Gasteiger partial charge in [0.2, 0.25) is 10.0 Å². The predicted octanol–water partition coefficient (Wildman–Crippen LogP) is 1.17. The topological polar surface area (TPSA) is 92.5 Å². The average molecular weight is 390 g/mol. The van der Waals surface area contributed by atoms with Gasteiger partial charge in [0.05, 0.1) is 4.90 Å². The van der Waals surface area contributed by atoms with Crippen LogP contribution in [0, 0.1) is 5.92 Å². The van der Waals surface area contributed by atoms with Crippen molar-refractivity contribution in [3.05, 3.63) is 28.2 Å². The van der Waals surface area contributed by atoms with Gasteiger partial charge in [-0.25, -0.2) is 12.7 Å². The van der Waals surface area contributed by atoms with Gasteiger partial charge in [-0.2, -0.15) is 0 Å². The molecule has 0 spiro atoms. The molecular formula is C14H20BrN3O3S. The number of hydrogen-bond donors (Lipinski definition) is 2. The van der Waals surface area contributed by atoms with E-state index in [1.165, 1.54) is 32.3 Å². The third-order valence-corrected chi connectivity index (χ3v) is 6.51. The first kappa shape index (κ1) is 17.4. The molecule has 0 aliphatic heterocycles. The second-order valence-corrected chi connectivity index (χ2v) is 8.56. The van der Waals surface area contributed by atoms with Crippen molar-refractivity contribution in [2.75, 3.05) is 20.6 Å². The van der Waals surface area contributed by atoms with E-state index in [4.69, 9.17) is 5.73 Å². The predicted molar refractivity (Wildman–Crippen MR) is 88.0 cm³/mol. The second kappa shape index (κ2) is 6.66. The zero-order valence-corrected chi connectivity index (χ0v) is 14.9. The van der Waals surface area contributed by atoms with Gasteiger partial charge in [-0.3, -0.25) is 4.79 Å². The Bertz CT molecular complexity index is 672. The third kappa shape index (κ3) is 3.68. The summed E-state index contributed by atoms with van der Waals surface area (Å²) in [7, 11) is -0.622. The van der Waals surface area contributed by atoms with Crippen molar-refractivity contribution in [1.29, 1.82) is 0 Å². The van der Waals surface area contributed by atoms with Crippen LogP contribution in [0.3, 0.4) is 0 Å². The standard InChI is InChI=1S/C14H20BrN3O3S/c1-18(2)22(20,21)13-6-5-10(7-11(13)15)14(19)17-12(8-16)9-3-4-9/h5-7,9,12H,3-4,8,16H2,1-2H3,(H,17,19). The third-order valence-electron chi connectivity index (χ3n) is 3.71. The Kier molecular flexibility index (Phi) is 5.26. The van der Waals surface area contributed by atoms with Gasteiger partial charge in [0.1, 0.15) is 0 Å². The largest absolute Gasteiger partial charge is 0.348 e. The molecule has 0 radical (unpaired) electrons. The molecule has 1 aromatic carbocycles. The minimum absolute atomic E-state index is 0.0172. The molecule has 2 rings (SSSR count). The summed E-state index contributed by atoms with van der Waals surface area (Å²) in [4.78, 5) is 12.4. The smallest absolute Gasteiger partial charge is 0.251 e. The molecule has 1 saturated carbocycles. The summed E-state index contributed by atoms with van der Waals surface area (Å²) >= 11 is 3.23. The summed E-state index contributed by atoms with van der Waals surface area (Å²) in [5.41, 5.74) is 6.08. The molecule has 22 heavy (non-hydrogen) atoms. The number of rotatable bonds is 6. The first-order valence-corrected chi connectivity index (χ1v) is 9.23. The van der Waals surface area contributed by atoms with Gasteiger partial charge in [0.15, 0.2) is 0 Å². The fraction of sp³-hybridized carbons (Fsp3) is 0.500. The first-order chi connectivity index (χ1) is 10.3. The Morgan fingerprint density at radius 1 is 1.45 bits per heavy atom. The van der Waals surface area contributed by atoms with Crippen molar-refractivity contribution in [1.82, 2.24) is 9.62 Å². The number of nitrogens with two attached hydrogens (primary N) is 1. The molecule has 1 aliphatic rings. The lowest BCUT2D eigenvalue weighted by molar-refractivity contribution is 0.0933. The minimum atomic E-state index is -3.55. The Balaban J connectivity index is 2.20. The molecule has 0 saturated heterocycles. The maximum atomic E-state index is 12.2. The number of hydrogen-bond acceptors (Lipinski definition) is 4. The van der Waals surface area contributed by atoms with Crippen LogP contribution in [-0.2, 0) is 10.0 Å². The molecule has 3 N–H and O–H groups in total. The minimum Gasteiger partial charge on any atom is -0.348 e. The lowest BCUT2D eigenvalue weighted by Crippen LogP contribution is -2.41. The summed E-state index contributed by atoms with van der Waals surface area (Å²) in [6.45, 7) is 0.407. The molecule has 0 aromatic heterocycles. The van der Waals surface area contributed by atoms with E-state index in [2.05, 4.69) is 21.2 Å². The highest BCUT2D eigenvalue weighted by Crippen LogP contribution is 2.32. The molecule has 6 nitrogen and oxygen atoms in total. The molecule has 1 amide bonds. The number of nitrogens with one attached hydrogen (secondary N) is 1. The van der Waals surface area contributed by atoms with E-state index in [1.54, 1.807) is 0 Å². The Hall–Kier alpha value is -0.960. The van der Waals surface area contributed by atoms with Crippen LogP contribution in [0.2, 0.25) is 0 Å². The zero-order valence-electron chi connectivity index (χ0n) is 12.5. The second-order valence-electron chi connectivity index (χ2n) is 5.59. The summed E-state index contributed by atoms with van der Waals surface area (Å²) in [6.07, 6.45) is 2.18. The van der Waals surface area contributed by atoms with Crippen molar-refractivity contribution < 1.29 is 13.2 Å². The van der Waals surface area contributed by atoms with Gasteiger partial charge in [0, 0.05) is 36.7 Å². The van der Waals surface area contributed by atoms with Crippen LogP contribution in [0.5, 0.6) is 0 Å². The summed E-state index contributed by atoms with van der Waals surface area (Å²) in [6, 6.07) is 4.45. The van der Waals surface area contributed by atoms with Gasteiger partial charge in [-0.15, -0.1) is 0 Å². The number of carbonyl (C=O) groups excluding carboxylic acids is 1. The number of sulfonamides is 1. The van der Waals surface area contributed by atoms with Crippen LogP contribution in [-0.4, -0.2) is 45.3 Å². The molecule has 8 heteroatoms. The van der Waals surface area contributed by atoms with Crippen LogP contribution < -0.4 is 11.1 Å². The van der Waals surface area contributed by atoms with E-state index in [-0.39, 0.29) is 16.8 Å². The molecule has 0 bridgehead atoms. The number of nitrogens with zero attached hydrogens (tertiary/aromatic N) is 1. The summed E-state index contributed by atoms with van der Waals surface area (Å²) in [5.74, 6) is 0.225. The molecule has 1 unspecified atom stereocenters. The fourth-order valence-electron chi connectivity index (χ4n) is 2.17. The molecule has 1 atom stereocenters. The highest BCUT2D eigenvalue weighted by atomic mass is 79.9.